The van der Waals surface area contributed by atoms with Crippen LogP contribution in [0.4, 0.5) is 9.59 Å². The molecule has 2 aromatic rings. The molecule has 2 heterocycles. The summed E-state index contributed by atoms with van der Waals surface area (Å²) in [5.41, 5.74) is 2.89. The molecule has 0 bridgehead atoms. The van der Waals surface area contributed by atoms with Crippen molar-refractivity contribution in [1.82, 2.24) is 21.3 Å². The van der Waals surface area contributed by atoms with E-state index in [1.165, 1.54) is 0 Å². The van der Waals surface area contributed by atoms with Crippen molar-refractivity contribution >= 4 is 24.0 Å². The lowest BCUT2D eigenvalue weighted by atomic mass is 9.95. The Morgan fingerprint density at radius 1 is 0.738 bits per heavy atom. The standard InChI is InChI=1S/C30H34N4O8/c1-5-39-27(35)23-18(4)31-29(37)34-26(23)20-10-8-12-22(16-20)42-14-13-41-21-11-7-9-19(15-21)24-17(3)25(28(36)40-6-2)33-30(38)32-24/h7-12,15-16,24,26H,5-6,13-14H2,1-4H3,(H2,31,34,37)(H2,32,33,38). The number of urea groups is 2. The first-order chi connectivity index (χ1) is 20.2. The van der Waals surface area contributed by atoms with Crippen LogP contribution >= 0.6 is 0 Å². The number of ether oxygens (including phenoxy) is 4. The van der Waals surface area contributed by atoms with Gasteiger partial charge in [-0.1, -0.05) is 24.3 Å². The minimum Gasteiger partial charge on any atom is -0.490 e. The first-order valence-corrected chi connectivity index (χ1v) is 13.6. The predicted molar refractivity (Wildman–Crippen MR) is 151 cm³/mol. The van der Waals surface area contributed by atoms with Crippen LogP contribution in [-0.2, 0) is 19.1 Å². The van der Waals surface area contributed by atoms with Crippen molar-refractivity contribution < 1.29 is 38.1 Å². The van der Waals surface area contributed by atoms with Gasteiger partial charge in [0, 0.05) is 5.70 Å². The molecule has 12 heteroatoms. The van der Waals surface area contributed by atoms with E-state index in [-0.39, 0.29) is 32.1 Å². The highest BCUT2D eigenvalue weighted by molar-refractivity contribution is 5.96. The van der Waals surface area contributed by atoms with Crippen molar-refractivity contribution in [3.63, 3.8) is 0 Å². The van der Waals surface area contributed by atoms with Gasteiger partial charge in [-0.05, 0) is 68.7 Å². The van der Waals surface area contributed by atoms with Crippen LogP contribution in [0.15, 0.2) is 71.1 Å². The zero-order valence-electron chi connectivity index (χ0n) is 23.9. The lowest BCUT2D eigenvalue weighted by molar-refractivity contribution is -0.139. The smallest absolute Gasteiger partial charge is 0.354 e. The van der Waals surface area contributed by atoms with E-state index in [1.54, 1.807) is 70.2 Å². The predicted octanol–water partition coefficient (Wildman–Crippen LogP) is 3.53. The summed E-state index contributed by atoms with van der Waals surface area (Å²) in [7, 11) is 0. The van der Waals surface area contributed by atoms with Crippen LogP contribution < -0.4 is 30.7 Å². The number of nitrogens with one attached hydrogen (secondary N) is 4. The number of amides is 4. The second-order valence-corrected chi connectivity index (χ2v) is 9.44. The first kappa shape index (κ1) is 30.0. The maximum atomic E-state index is 12.6. The molecule has 12 nitrogen and oxygen atoms in total. The van der Waals surface area contributed by atoms with Gasteiger partial charge in [-0.15, -0.1) is 0 Å². The summed E-state index contributed by atoms with van der Waals surface area (Å²) < 4.78 is 22.0. The molecule has 42 heavy (non-hydrogen) atoms. The quantitative estimate of drug-likeness (QED) is 0.233. The third kappa shape index (κ3) is 7.00. The summed E-state index contributed by atoms with van der Waals surface area (Å²) in [5, 5.41) is 10.7. The van der Waals surface area contributed by atoms with Gasteiger partial charge < -0.3 is 40.2 Å². The second-order valence-electron chi connectivity index (χ2n) is 9.44. The number of hydrogen-bond acceptors (Lipinski definition) is 8. The summed E-state index contributed by atoms with van der Waals surface area (Å²) in [6.07, 6.45) is 0. The number of rotatable bonds is 11. The van der Waals surface area contributed by atoms with Gasteiger partial charge in [0.25, 0.3) is 0 Å². The number of hydrogen-bond donors (Lipinski definition) is 4. The monoisotopic (exact) mass is 578 g/mol. The molecule has 2 atom stereocenters. The number of allylic oxidation sites excluding steroid dienone is 1. The van der Waals surface area contributed by atoms with E-state index in [9.17, 15) is 19.2 Å². The van der Waals surface area contributed by atoms with Crippen molar-refractivity contribution in [2.75, 3.05) is 26.4 Å². The van der Waals surface area contributed by atoms with Crippen molar-refractivity contribution in [2.24, 2.45) is 0 Å². The van der Waals surface area contributed by atoms with E-state index in [2.05, 4.69) is 21.3 Å². The van der Waals surface area contributed by atoms with E-state index in [0.29, 0.717) is 33.9 Å². The Balaban J connectivity index is 1.40. The van der Waals surface area contributed by atoms with Gasteiger partial charge in [0.2, 0.25) is 0 Å². The molecule has 0 saturated carbocycles. The zero-order valence-corrected chi connectivity index (χ0v) is 23.9. The van der Waals surface area contributed by atoms with Gasteiger partial charge in [0.05, 0.1) is 30.9 Å². The zero-order chi connectivity index (χ0) is 30.2. The number of esters is 2. The van der Waals surface area contributed by atoms with Crippen LogP contribution in [0, 0.1) is 0 Å². The minimum absolute atomic E-state index is 0.122. The largest absolute Gasteiger partial charge is 0.490 e. The Labute approximate surface area is 243 Å². The molecule has 2 aliphatic rings. The van der Waals surface area contributed by atoms with Gasteiger partial charge in [0.15, 0.2) is 0 Å². The third-order valence-corrected chi connectivity index (χ3v) is 6.59. The molecule has 2 aromatic carbocycles. The lowest BCUT2D eigenvalue weighted by Crippen LogP contribution is -2.45. The third-order valence-electron chi connectivity index (χ3n) is 6.59. The molecule has 2 aliphatic heterocycles. The minimum atomic E-state index is -0.697. The second kappa shape index (κ2) is 13.6. The summed E-state index contributed by atoms with van der Waals surface area (Å²) >= 11 is 0. The van der Waals surface area contributed by atoms with E-state index in [0.717, 1.165) is 5.56 Å². The van der Waals surface area contributed by atoms with Crippen molar-refractivity contribution in [3.8, 4) is 11.5 Å². The van der Waals surface area contributed by atoms with Crippen LogP contribution in [-0.4, -0.2) is 50.4 Å². The van der Waals surface area contributed by atoms with Crippen molar-refractivity contribution in [2.45, 2.75) is 39.8 Å². The molecule has 0 saturated heterocycles. The highest BCUT2D eigenvalue weighted by atomic mass is 16.5. The maximum Gasteiger partial charge on any atom is 0.354 e. The van der Waals surface area contributed by atoms with Crippen molar-refractivity contribution in [3.05, 3.63) is 82.2 Å². The summed E-state index contributed by atoms with van der Waals surface area (Å²) in [6.45, 7) is 7.65. The number of carbonyl (C=O) groups is 4. The van der Waals surface area contributed by atoms with Crippen LogP contribution in [0.5, 0.6) is 11.5 Å². The SMILES string of the molecule is CCOC(=O)C1=C(C)C(c2cccc(OCCOc3cccc(C4NC(=O)NC(C)=C4C(=O)OCC)c3)c2)NC(=O)N1. The summed E-state index contributed by atoms with van der Waals surface area (Å²) in [4.78, 5) is 49.3. The Morgan fingerprint density at radius 3 is 1.86 bits per heavy atom. The normalized spacial score (nSPS) is 18.3. The molecule has 0 aromatic heterocycles. The Bertz CT molecular complexity index is 1430. The molecule has 4 rings (SSSR count). The molecule has 0 fully saturated rings. The van der Waals surface area contributed by atoms with Crippen LogP contribution in [0.1, 0.15) is 50.9 Å². The molecule has 0 aliphatic carbocycles. The average molecular weight is 579 g/mol. The maximum absolute atomic E-state index is 12.6. The Kier molecular flexibility index (Phi) is 9.69. The summed E-state index contributed by atoms with van der Waals surface area (Å²) in [5.74, 6) is -0.0148. The first-order valence-electron chi connectivity index (χ1n) is 13.6. The summed E-state index contributed by atoms with van der Waals surface area (Å²) in [6, 6.07) is 12.1. The van der Waals surface area contributed by atoms with Gasteiger partial charge in [0.1, 0.15) is 30.4 Å². The highest BCUT2D eigenvalue weighted by Crippen LogP contribution is 2.31. The van der Waals surface area contributed by atoms with Gasteiger partial charge in [-0.25, -0.2) is 19.2 Å². The molecule has 0 spiro atoms. The van der Waals surface area contributed by atoms with Crippen LogP contribution in [0.2, 0.25) is 0 Å². The van der Waals surface area contributed by atoms with Gasteiger partial charge in [-0.2, -0.15) is 0 Å². The fourth-order valence-electron chi connectivity index (χ4n) is 4.69. The molecule has 222 valence electrons. The number of benzene rings is 2. The molecule has 4 N–H and O–H groups in total. The van der Waals surface area contributed by atoms with Gasteiger partial charge >= 0.3 is 24.0 Å². The van der Waals surface area contributed by atoms with Crippen molar-refractivity contribution in [1.29, 1.82) is 0 Å². The van der Waals surface area contributed by atoms with Crippen LogP contribution in [0.3, 0.4) is 0 Å². The molecular formula is C30H34N4O8. The van der Waals surface area contributed by atoms with E-state index >= 15 is 0 Å². The Hall–Kier alpha value is -5.00. The van der Waals surface area contributed by atoms with E-state index in [4.69, 9.17) is 18.9 Å². The molecule has 4 amide bonds. The fourth-order valence-corrected chi connectivity index (χ4v) is 4.69. The number of carbonyl (C=O) groups excluding carboxylic acids is 4. The van der Waals surface area contributed by atoms with Gasteiger partial charge in [-0.3, -0.25) is 0 Å². The van der Waals surface area contributed by atoms with Crippen LogP contribution in [0.25, 0.3) is 0 Å². The Morgan fingerprint density at radius 2 is 1.26 bits per heavy atom. The van der Waals surface area contributed by atoms with E-state index in [1.807, 2.05) is 6.07 Å². The topological polar surface area (TPSA) is 153 Å². The van der Waals surface area contributed by atoms with E-state index < -0.39 is 36.1 Å². The average Bonchev–Trinajstić information content (AvgIpc) is 2.96. The molecule has 0 radical (unpaired) electrons. The molecule has 2 unspecified atom stereocenters. The highest BCUT2D eigenvalue weighted by Gasteiger charge is 2.32. The fraction of sp³-hybridized carbons (Fsp3) is 0.333. The lowest BCUT2D eigenvalue weighted by Gasteiger charge is -2.28. The molecular weight excluding hydrogens is 544 g/mol.